The Morgan fingerprint density at radius 1 is 1.26 bits per heavy atom. The van der Waals surface area contributed by atoms with Gasteiger partial charge in [0, 0.05) is 38.4 Å². The molecule has 0 unspecified atom stereocenters. The smallest absolute Gasteiger partial charge is 0.341 e. The second kappa shape index (κ2) is 7.79. The predicted molar refractivity (Wildman–Crippen MR) is 95.3 cm³/mol. The van der Waals surface area contributed by atoms with Gasteiger partial charge in [-0.25, -0.2) is 9.18 Å². The number of rotatable bonds is 7. The monoisotopic (exact) mass is 377 g/mol. The van der Waals surface area contributed by atoms with Crippen molar-refractivity contribution in [3.63, 3.8) is 0 Å². The van der Waals surface area contributed by atoms with Gasteiger partial charge in [0.1, 0.15) is 5.56 Å². The summed E-state index contributed by atoms with van der Waals surface area (Å²) in [4.78, 5) is 23.3. The first-order chi connectivity index (χ1) is 13.0. The lowest BCUT2D eigenvalue weighted by Crippen LogP contribution is -2.26. The first-order valence-electron chi connectivity index (χ1n) is 8.47. The molecule has 1 aliphatic heterocycles. The van der Waals surface area contributed by atoms with E-state index < -0.39 is 22.8 Å². The number of fused-ring (bicyclic) bond motifs is 3. The highest BCUT2D eigenvalue weighted by Crippen LogP contribution is 2.39. The first kappa shape index (κ1) is 18.9. The van der Waals surface area contributed by atoms with Crippen LogP contribution in [0.2, 0.25) is 0 Å². The summed E-state index contributed by atoms with van der Waals surface area (Å²) in [7, 11) is 3.09. The number of carbonyl (C=O) groups is 1. The molecule has 3 rings (SSSR count). The van der Waals surface area contributed by atoms with Gasteiger partial charge in [0.2, 0.25) is 5.43 Å². The molecule has 7 nitrogen and oxygen atoms in total. The number of aromatic carboxylic acids is 1. The molecule has 0 saturated carbocycles. The maximum absolute atomic E-state index is 14.7. The van der Waals surface area contributed by atoms with Crippen molar-refractivity contribution in [3.05, 3.63) is 45.5 Å². The summed E-state index contributed by atoms with van der Waals surface area (Å²) in [5.41, 5.74) is -0.339. The van der Waals surface area contributed by atoms with Crippen molar-refractivity contribution in [2.24, 2.45) is 0 Å². The summed E-state index contributed by atoms with van der Waals surface area (Å²) in [6.45, 7) is 1.37. The summed E-state index contributed by atoms with van der Waals surface area (Å²) in [6.07, 6.45) is 2.44. The molecule has 0 amide bonds. The van der Waals surface area contributed by atoms with Crippen LogP contribution in [-0.4, -0.2) is 43.1 Å². The average Bonchev–Trinajstić information content (AvgIpc) is 2.66. The van der Waals surface area contributed by atoms with E-state index in [0.717, 1.165) is 5.56 Å². The topological polar surface area (TPSA) is 87.0 Å². The largest absolute Gasteiger partial charge is 0.493 e. The van der Waals surface area contributed by atoms with E-state index in [2.05, 4.69) is 0 Å². The molecule has 144 valence electrons. The van der Waals surface area contributed by atoms with E-state index in [-0.39, 0.29) is 5.69 Å². The Morgan fingerprint density at radius 2 is 2.04 bits per heavy atom. The third-order valence-corrected chi connectivity index (χ3v) is 4.47. The fourth-order valence-electron chi connectivity index (χ4n) is 3.16. The zero-order valence-electron chi connectivity index (χ0n) is 15.1. The number of aromatic nitrogens is 1. The predicted octanol–water partition coefficient (Wildman–Crippen LogP) is 2.33. The van der Waals surface area contributed by atoms with Crippen molar-refractivity contribution in [1.29, 1.82) is 0 Å². The molecule has 8 heteroatoms. The summed E-state index contributed by atoms with van der Waals surface area (Å²) < 4.78 is 32.3. The van der Waals surface area contributed by atoms with Crippen LogP contribution in [0.15, 0.2) is 23.1 Å². The fraction of sp³-hybridized carbons (Fsp3) is 0.368. The number of ether oxygens (including phenoxy) is 3. The standard InChI is InChI=1S/C19H20FNO6/c1-25-6-3-7-27-15-8-11-4-5-21-10-13(19(23)24)18(22)16(20)17(21)12(11)9-14(15)26-2/h8-10H,3-7H2,1-2H3,(H,23,24). The Balaban J connectivity index is 2.06. The van der Waals surface area contributed by atoms with Crippen LogP contribution >= 0.6 is 0 Å². The number of hydrogen-bond acceptors (Lipinski definition) is 5. The molecule has 0 saturated heterocycles. The van der Waals surface area contributed by atoms with E-state index >= 15 is 0 Å². The van der Waals surface area contributed by atoms with E-state index in [1.807, 2.05) is 0 Å². The highest BCUT2D eigenvalue weighted by Gasteiger charge is 2.26. The van der Waals surface area contributed by atoms with E-state index in [9.17, 15) is 14.0 Å². The molecular formula is C19H20FNO6. The highest BCUT2D eigenvalue weighted by atomic mass is 19.1. The lowest BCUT2D eigenvalue weighted by atomic mass is 9.95. The molecule has 0 fully saturated rings. The molecule has 2 heterocycles. The SMILES string of the molecule is COCCCOc1cc2c(cc1OC)-c1c(F)c(=O)c(C(=O)O)cn1CC2. The zero-order chi connectivity index (χ0) is 19.6. The van der Waals surface area contributed by atoms with Gasteiger partial charge in [-0.1, -0.05) is 0 Å². The third-order valence-electron chi connectivity index (χ3n) is 4.47. The zero-order valence-corrected chi connectivity index (χ0v) is 15.1. The van der Waals surface area contributed by atoms with Crippen LogP contribution in [0.4, 0.5) is 4.39 Å². The Bertz CT molecular complexity index is 937. The van der Waals surface area contributed by atoms with Gasteiger partial charge in [-0.15, -0.1) is 0 Å². The Labute approximate surface area is 154 Å². The molecular weight excluding hydrogens is 357 g/mol. The number of carboxylic acid groups (broad SMARTS) is 1. The minimum Gasteiger partial charge on any atom is -0.493 e. The number of hydrogen-bond donors (Lipinski definition) is 1. The van der Waals surface area contributed by atoms with Crippen LogP contribution in [0.3, 0.4) is 0 Å². The van der Waals surface area contributed by atoms with Crippen molar-refractivity contribution < 1.29 is 28.5 Å². The molecule has 2 aromatic rings. The second-order valence-electron chi connectivity index (χ2n) is 6.14. The van der Waals surface area contributed by atoms with E-state index in [0.29, 0.717) is 49.7 Å². The Morgan fingerprint density at radius 3 is 2.70 bits per heavy atom. The van der Waals surface area contributed by atoms with Gasteiger partial charge in [-0.3, -0.25) is 4.79 Å². The minimum absolute atomic E-state index is 0.0653. The average molecular weight is 377 g/mol. The molecule has 0 radical (unpaired) electrons. The number of methoxy groups -OCH3 is 2. The molecule has 1 aliphatic rings. The maximum Gasteiger partial charge on any atom is 0.341 e. The van der Waals surface area contributed by atoms with Crippen LogP contribution in [0.5, 0.6) is 11.5 Å². The van der Waals surface area contributed by atoms with Crippen LogP contribution < -0.4 is 14.9 Å². The molecule has 1 N–H and O–H groups in total. The van der Waals surface area contributed by atoms with Crippen molar-refractivity contribution in [2.45, 2.75) is 19.4 Å². The summed E-state index contributed by atoms with van der Waals surface area (Å²) >= 11 is 0. The number of carboxylic acids is 1. The molecule has 0 atom stereocenters. The Kier molecular flexibility index (Phi) is 5.46. The lowest BCUT2D eigenvalue weighted by molar-refractivity contribution is 0.0693. The molecule has 0 spiro atoms. The van der Waals surface area contributed by atoms with Crippen LogP contribution in [0.25, 0.3) is 11.3 Å². The van der Waals surface area contributed by atoms with Gasteiger partial charge in [0.05, 0.1) is 19.4 Å². The van der Waals surface area contributed by atoms with Crippen LogP contribution in [0.1, 0.15) is 22.3 Å². The molecule has 1 aromatic carbocycles. The van der Waals surface area contributed by atoms with Crippen molar-refractivity contribution in [1.82, 2.24) is 4.57 Å². The number of halogens is 1. The van der Waals surface area contributed by atoms with Gasteiger partial charge in [0.15, 0.2) is 17.3 Å². The van der Waals surface area contributed by atoms with Gasteiger partial charge in [-0.05, 0) is 24.1 Å². The highest BCUT2D eigenvalue weighted by molar-refractivity contribution is 5.88. The van der Waals surface area contributed by atoms with Gasteiger partial charge in [-0.2, -0.15) is 0 Å². The van der Waals surface area contributed by atoms with Crippen LogP contribution in [0, 0.1) is 5.82 Å². The maximum atomic E-state index is 14.7. The molecule has 1 aromatic heterocycles. The summed E-state index contributed by atoms with van der Waals surface area (Å²) in [5.74, 6) is -1.58. The second-order valence-corrected chi connectivity index (χ2v) is 6.14. The third kappa shape index (κ3) is 3.52. The Hall–Kier alpha value is -2.87. The van der Waals surface area contributed by atoms with E-state index in [1.165, 1.54) is 17.9 Å². The van der Waals surface area contributed by atoms with E-state index in [4.69, 9.17) is 19.3 Å². The first-order valence-corrected chi connectivity index (χ1v) is 8.47. The number of aryl methyl sites for hydroxylation is 2. The van der Waals surface area contributed by atoms with E-state index in [1.54, 1.807) is 19.2 Å². The quantitative estimate of drug-likeness (QED) is 0.746. The van der Waals surface area contributed by atoms with Crippen molar-refractivity contribution >= 4 is 5.97 Å². The lowest BCUT2D eigenvalue weighted by Gasteiger charge is -2.24. The molecule has 0 bridgehead atoms. The van der Waals surface area contributed by atoms with Crippen LogP contribution in [-0.2, 0) is 17.7 Å². The molecule has 27 heavy (non-hydrogen) atoms. The summed E-state index contributed by atoms with van der Waals surface area (Å²) in [6, 6.07) is 3.40. The normalized spacial score (nSPS) is 12.3. The fourth-order valence-corrected chi connectivity index (χ4v) is 3.16. The number of pyridine rings is 1. The van der Waals surface area contributed by atoms with Gasteiger partial charge in [0.25, 0.3) is 0 Å². The van der Waals surface area contributed by atoms with Gasteiger partial charge >= 0.3 is 5.97 Å². The van der Waals surface area contributed by atoms with Crippen molar-refractivity contribution in [2.75, 3.05) is 27.4 Å². The van der Waals surface area contributed by atoms with Crippen molar-refractivity contribution in [3.8, 4) is 22.8 Å². The minimum atomic E-state index is -1.45. The van der Waals surface area contributed by atoms with Gasteiger partial charge < -0.3 is 23.9 Å². The summed E-state index contributed by atoms with van der Waals surface area (Å²) in [5, 5.41) is 9.10. The number of nitrogens with zero attached hydrogens (tertiary/aromatic N) is 1. The number of benzene rings is 1. The molecule has 0 aliphatic carbocycles.